The van der Waals surface area contributed by atoms with E-state index >= 15 is 0 Å². The zero-order chi connectivity index (χ0) is 13.6. The van der Waals surface area contributed by atoms with Crippen molar-refractivity contribution in [3.05, 3.63) is 22.2 Å². The van der Waals surface area contributed by atoms with Gasteiger partial charge in [0.05, 0.1) is 0 Å². The number of aromatic amines is 1. The Hall–Kier alpha value is -1.36. The minimum atomic E-state index is -0.0483. The molecule has 0 aliphatic carbocycles. The van der Waals surface area contributed by atoms with Gasteiger partial charge in [0, 0.05) is 37.7 Å². The van der Waals surface area contributed by atoms with Crippen LogP contribution in [0.3, 0.4) is 0 Å². The van der Waals surface area contributed by atoms with Gasteiger partial charge >= 0.3 is 0 Å². The number of rotatable bonds is 2. The summed E-state index contributed by atoms with van der Waals surface area (Å²) in [6, 6.07) is 1.63. The first kappa shape index (κ1) is 12.7. The summed E-state index contributed by atoms with van der Waals surface area (Å²) in [6.07, 6.45) is 0.756. The molecular formula is C14H22N4O. The Morgan fingerprint density at radius 1 is 1.47 bits per heavy atom. The predicted octanol–water partition coefficient (Wildman–Crippen LogP) is 0.766. The van der Waals surface area contributed by atoms with Crippen LogP contribution in [0.25, 0.3) is 0 Å². The molecule has 1 aromatic rings. The zero-order valence-electron chi connectivity index (χ0n) is 11.9. The Bertz CT molecular complexity index is 536. The Labute approximate surface area is 113 Å². The van der Waals surface area contributed by atoms with E-state index < -0.39 is 0 Å². The smallest absolute Gasteiger partial charge is 0.252 e. The van der Waals surface area contributed by atoms with Gasteiger partial charge in [-0.2, -0.15) is 0 Å². The monoisotopic (exact) mass is 262 g/mol. The number of anilines is 1. The lowest BCUT2D eigenvalue weighted by atomic mass is 9.85. The molecule has 2 unspecified atom stereocenters. The average molecular weight is 262 g/mol. The lowest BCUT2D eigenvalue weighted by Crippen LogP contribution is -2.45. The molecule has 2 N–H and O–H groups in total. The summed E-state index contributed by atoms with van der Waals surface area (Å²) in [6.45, 7) is 9.67. The Morgan fingerprint density at radius 3 is 2.95 bits per heavy atom. The third kappa shape index (κ3) is 1.96. The van der Waals surface area contributed by atoms with Gasteiger partial charge < -0.3 is 15.2 Å². The molecule has 5 nitrogen and oxygen atoms in total. The van der Waals surface area contributed by atoms with Crippen LogP contribution in [0.5, 0.6) is 0 Å². The first-order valence-electron chi connectivity index (χ1n) is 7.11. The van der Waals surface area contributed by atoms with Crippen molar-refractivity contribution >= 4 is 5.82 Å². The maximum Gasteiger partial charge on any atom is 0.252 e. The molecular weight excluding hydrogens is 240 g/mol. The average Bonchev–Trinajstić information content (AvgIpc) is 2.91. The molecule has 0 amide bonds. The van der Waals surface area contributed by atoms with Crippen molar-refractivity contribution < 1.29 is 0 Å². The third-order valence-electron chi connectivity index (χ3n) is 4.75. The Kier molecular flexibility index (Phi) is 2.89. The molecule has 2 atom stereocenters. The van der Waals surface area contributed by atoms with Crippen molar-refractivity contribution in [1.82, 2.24) is 15.3 Å². The van der Waals surface area contributed by atoms with E-state index in [-0.39, 0.29) is 11.1 Å². The summed E-state index contributed by atoms with van der Waals surface area (Å²) in [5.41, 5.74) is 0.00723. The van der Waals surface area contributed by atoms with Crippen LogP contribution in [-0.2, 0) is 6.42 Å². The Balaban J connectivity index is 1.98. The van der Waals surface area contributed by atoms with E-state index in [2.05, 4.69) is 34.0 Å². The van der Waals surface area contributed by atoms with Crippen molar-refractivity contribution in [3.8, 4) is 0 Å². The molecule has 5 heteroatoms. The van der Waals surface area contributed by atoms with Crippen molar-refractivity contribution in [3.63, 3.8) is 0 Å². The van der Waals surface area contributed by atoms with Gasteiger partial charge in [-0.1, -0.05) is 6.92 Å². The zero-order valence-corrected chi connectivity index (χ0v) is 11.9. The second-order valence-corrected chi connectivity index (χ2v) is 6.19. The molecule has 0 spiro atoms. The fourth-order valence-electron chi connectivity index (χ4n) is 3.61. The van der Waals surface area contributed by atoms with Crippen molar-refractivity contribution in [1.29, 1.82) is 0 Å². The summed E-state index contributed by atoms with van der Waals surface area (Å²) in [5.74, 6) is 2.91. The molecule has 0 radical (unpaired) electrons. The van der Waals surface area contributed by atoms with E-state index in [9.17, 15) is 4.79 Å². The number of hydrogen-bond donors (Lipinski definition) is 2. The molecule has 19 heavy (non-hydrogen) atoms. The highest BCUT2D eigenvalue weighted by molar-refractivity contribution is 5.44. The van der Waals surface area contributed by atoms with Gasteiger partial charge in [-0.05, 0) is 25.7 Å². The van der Waals surface area contributed by atoms with Gasteiger partial charge in [-0.25, -0.2) is 4.98 Å². The molecule has 0 saturated carbocycles. The highest BCUT2D eigenvalue weighted by Crippen LogP contribution is 2.42. The van der Waals surface area contributed by atoms with E-state index in [1.165, 1.54) is 0 Å². The lowest BCUT2D eigenvalue weighted by Gasteiger charge is -2.36. The van der Waals surface area contributed by atoms with Gasteiger partial charge in [-0.15, -0.1) is 0 Å². The van der Waals surface area contributed by atoms with Crippen LogP contribution in [-0.4, -0.2) is 35.1 Å². The maximum atomic E-state index is 11.7. The summed E-state index contributed by atoms with van der Waals surface area (Å²) in [5, 5.41) is 3.47. The van der Waals surface area contributed by atoms with Crippen LogP contribution in [0.15, 0.2) is 10.9 Å². The molecule has 0 aromatic carbocycles. The van der Waals surface area contributed by atoms with Crippen molar-refractivity contribution in [2.24, 2.45) is 11.8 Å². The number of H-pyrrole nitrogens is 1. The summed E-state index contributed by atoms with van der Waals surface area (Å²) in [7, 11) is 0. The maximum absolute atomic E-state index is 11.7. The SMILES string of the molecule is CCc1nc(N2CC3CNCC3C2(C)C)cc(=O)[nH]1. The van der Waals surface area contributed by atoms with E-state index in [1.807, 2.05) is 6.92 Å². The summed E-state index contributed by atoms with van der Waals surface area (Å²) in [4.78, 5) is 21.5. The second-order valence-electron chi connectivity index (χ2n) is 6.19. The van der Waals surface area contributed by atoms with E-state index in [1.54, 1.807) is 6.07 Å². The fourth-order valence-corrected chi connectivity index (χ4v) is 3.61. The van der Waals surface area contributed by atoms with E-state index in [0.29, 0.717) is 11.8 Å². The minimum absolute atomic E-state index is 0.0483. The number of aryl methyl sites for hydroxylation is 1. The van der Waals surface area contributed by atoms with Crippen molar-refractivity contribution in [2.45, 2.75) is 32.7 Å². The lowest BCUT2D eigenvalue weighted by molar-refractivity contribution is 0.356. The van der Waals surface area contributed by atoms with Crippen LogP contribution >= 0.6 is 0 Å². The van der Waals surface area contributed by atoms with Crippen LogP contribution in [0.1, 0.15) is 26.6 Å². The molecule has 3 heterocycles. The predicted molar refractivity (Wildman–Crippen MR) is 75.5 cm³/mol. The van der Waals surface area contributed by atoms with Gasteiger partial charge in [0.15, 0.2) is 0 Å². The molecule has 104 valence electrons. The number of fused-ring (bicyclic) bond motifs is 1. The normalized spacial score (nSPS) is 28.7. The van der Waals surface area contributed by atoms with Crippen LogP contribution in [0.4, 0.5) is 5.82 Å². The second kappa shape index (κ2) is 4.34. The van der Waals surface area contributed by atoms with Gasteiger partial charge in [0.2, 0.25) is 0 Å². The number of aromatic nitrogens is 2. The fraction of sp³-hybridized carbons (Fsp3) is 0.714. The van der Waals surface area contributed by atoms with Crippen LogP contribution in [0.2, 0.25) is 0 Å². The quantitative estimate of drug-likeness (QED) is 0.826. The standard InChI is InChI=1S/C14H22N4O/c1-4-11-16-12(5-13(19)17-11)18-8-9-6-15-7-10(9)14(18,2)3/h5,9-10,15H,4,6-8H2,1-3H3,(H,16,17,19). The summed E-state index contributed by atoms with van der Waals surface area (Å²) >= 11 is 0. The molecule has 3 rings (SSSR count). The van der Waals surface area contributed by atoms with E-state index in [0.717, 1.165) is 37.7 Å². The first-order chi connectivity index (χ1) is 9.02. The van der Waals surface area contributed by atoms with Gasteiger partial charge in [0.25, 0.3) is 5.56 Å². The van der Waals surface area contributed by atoms with Crippen LogP contribution < -0.4 is 15.8 Å². The van der Waals surface area contributed by atoms with Gasteiger partial charge in [-0.3, -0.25) is 4.79 Å². The first-order valence-corrected chi connectivity index (χ1v) is 7.11. The largest absolute Gasteiger partial charge is 0.351 e. The summed E-state index contributed by atoms with van der Waals surface area (Å²) < 4.78 is 0. The third-order valence-corrected chi connectivity index (χ3v) is 4.75. The van der Waals surface area contributed by atoms with E-state index in [4.69, 9.17) is 0 Å². The molecule has 1 aromatic heterocycles. The molecule has 0 bridgehead atoms. The highest BCUT2D eigenvalue weighted by atomic mass is 16.1. The number of nitrogens with one attached hydrogen (secondary N) is 2. The van der Waals surface area contributed by atoms with Crippen LogP contribution in [0, 0.1) is 11.8 Å². The Morgan fingerprint density at radius 2 is 2.26 bits per heavy atom. The molecule has 2 aliphatic rings. The minimum Gasteiger partial charge on any atom is -0.351 e. The number of hydrogen-bond acceptors (Lipinski definition) is 4. The van der Waals surface area contributed by atoms with Gasteiger partial charge in [0.1, 0.15) is 11.6 Å². The molecule has 2 saturated heterocycles. The molecule has 2 fully saturated rings. The molecule has 2 aliphatic heterocycles. The topological polar surface area (TPSA) is 61.0 Å². The number of nitrogens with zero attached hydrogens (tertiary/aromatic N) is 2. The highest BCUT2D eigenvalue weighted by Gasteiger charge is 2.50. The van der Waals surface area contributed by atoms with Crippen molar-refractivity contribution in [2.75, 3.05) is 24.5 Å².